The third-order valence-electron chi connectivity index (χ3n) is 4.74. The molecule has 1 aromatic rings. The molecule has 0 aliphatic carbocycles. The minimum Gasteiger partial charge on any atom is -0.481 e. The van der Waals surface area contributed by atoms with Crippen LogP contribution in [-0.4, -0.2) is 29.1 Å². The molecule has 5 nitrogen and oxygen atoms in total. The number of rotatable bonds is 4. The first kappa shape index (κ1) is 13.9. The SMILES string of the molecule is NC(=O)c1ccc(N2C3CCC2CC(CC(=O)O)C3)cc1. The van der Waals surface area contributed by atoms with Crippen LogP contribution < -0.4 is 10.6 Å². The van der Waals surface area contributed by atoms with Gasteiger partial charge in [-0.15, -0.1) is 0 Å². The maximum absolute atomic E-state index is 11.1. The van der Waals surface area contributed by atoms with Crippen molar-refractivity contribution in [1.29, 1.82) is 0 Å². The van der Waals surface area contributed by atoms with Gasteiger partial charge in [0.05, 0.1) is 0 Å². The van der Waals surface area contributed by atoms with E-state index in [9.17, 15) is 9.59 Å². The lowest BCUT2D eigenvalue weighted by Crippen LogP contribution is -2.43. The van der Waals surface area contributed by atoms with Gasteiger partial charge < -0.3 is 15.7 Å². The number of carbonyl (C=O) groups excluding carboxylic acids is 1. The Hall–Kier alpha value is -2.04. The summed E-state index contributed by atoms with van der Waals surface area (Å²) in [5.74, 6) is -0.815. The van der Waals surface area contributed by atoms with Crippen LogP contribution in [0.5, 0.6) is 0 Å². The fourth-order valence-corrected chi connectivity index (χ4v) is 3.92. The van der Waals surface area contributed by atoms with Crippen molar-refractivity contribution >= 4 is 17.6 Å². The van der Waals surface area contributed by atoms with Gasteiger partial charge in [-0.2, -0.15) is 0 Å². The van der Waals surface area contributed by atoms with E-state index in [0.717, 1.165) is 31.4 Å². The number of primary amides is 1. The molecule has 2 fully saturated rings. The second-order valence-corrected chi connectivity index (χ2v) is 6.14. The van der Waals surface area contributed by atoms with Gasteiger partial charge in [0, 0.05) is 29.8 Å². The highest BCUT2D eigenvalue weighted by Gasteiger charge is 2.41. The molecule has 2 aliphatic rings. The van der Waals surface area contributed by atoms with Gasteiger partial charge in [-0.25, -0.2) is 0 Å². The normalized spacial score (nSPS) is 27.6. The Labute approximate surface area is 123 Å². The number of carbonyl (C=O) groups is 2. The van der Waals surface area contributed by atoms with Crippen molar-refractivity contribution in [2.45, 2.75) is 44.2 Å². The zero-order valence-corrected chi connectivity index (χ0v) is 11.9. The molecular formula is C16H20N2O3. The zero-order valence-electron chi connectivity index (χ0n) is 11.9. The second-order valence-electron chi connectivity index (χ2n) is 6.14. The lowest BCUT2D eigenvalue weighted by molar-refractivity contribution is -0.138. The fraction of sp³-hybridized carbons (Fsp3) is 0.500. The van der Waals surface area contributed by atoms with E-state index in [2.05, 4.69) is 4.90 Å². The first-order valence-corrected chi connectivity index (χ1v) is 7.44. The van der Waals surface area contributed by atoms with Gasteiger partial charge in [-0.1, -0.05) is 0 Å². The number of hydrogen-bond acceptors (Lipinski definition) is 3. The van der Waals surface area contributed by atoms with Gasteiger partial charge in [0.25, 0.3) is 0 Å². The van der Waals surface area contributed by atoms with Crippen LogP contribution >= 0.6 is 0 Å². The molecule has 2 unspecified atom stereocenters. The van der Waals surface area contributed by atoms with Crippen LogP contribution in [-0.2, 0) is 4.79 Å². The highest BCUT2D eigenvalue weighted by Crippen LogP contribution is 2.42. The van der Waals surface area contributed by atoms with Crippen molar-refractivity contribution in [1.82, 2.24) is 0 Å². The van der Waals surface area contributed by atoms with Crippen LogP contribution in [0.25, 0.3) is 0 Å². The number of fused-ring (bicyclic) bond motifs is 2. The minimum absolute atomic E-state index is 0.279. The Morgan fingerprint density at radius 2 is 1.71 bits per heavy atom. The molecule has 1 aromatic carbocycles. The monoisotopic (exact) mass is 288 g/mol. The Kier molecular flexibility index (Phi) is 3.57. The summed E-state index contributed by atoms with van der Waals surface area (Å²) in [6.45, 7) is 0. The van der Waals surface area contributed by atoms with Crippen molar-refractivity contribution < 1.29 is 14.7 Å². The number of anilines is 1. The molecule has 2 bridgehead atoms. The lowest BCUT2D eigenvalue weighted by atomic mass is 9.88. The van der Waals surface area contributed by atoms with Crippen molar-refractivity contribution in [3.8, 4) is 0 Å². The Balaban J connectivity index is 1.75. The van der Waals surface area contributed by atoms with Gasteiger partial charge in [-0.05, 0) is 55.9 Å². The first-order chi connectivity index (χ1) is 10.0. The van der Waals surface area contributed by atoms with Gasteiger partial charge in [0.1, 0.15) is 0 Å². The predicted octanol–water partition coefficient (Wildman–Crippen LogP) is 2.01. The summed E-state index contributed by atoms with van der Waals surface area (Å²) in [6.07, 6.45) is 4.42. The average molecular weight is 288 g/mol. The van der Waals surface area contributed by atoms with E-state index in [1.807, 2.05) is 12.1 Å². The largest absolute Gasteiger partial charge is 0.481 e. The lowest BCUT2D eigenvalue weighted by Gasteiger charge is -2.40. The molecule has 5 heteroatoms. The summed E-state index contributed by atoms with van der Waals surface area (Å²) in [4.78, 5) is 24.4. The molecule has 21 heavy (non-hydrogen) atoms. The molecule has 3 N–H and O–H groups in total. The van der Waals surface area contributed by atoms with E-state index in [-0.39, 0.29) is 6.42 Å². The zero-order chi connectivity index (χ0) is 15.0. The number of piperidine rings is 1. The van der Waals surface area contributed by atoms with Gasteiger partial charge in [0.2, 0.25) is 5.91 Å². The molecular weight excluding hydrogens is 268 g/mol. The molecule has 3 rings (SSSR count). The van der Waals surface area contributed by atoms with Crippen LogP contribution in [0, 0.1) is 5.92 Å². The van der Waals surface area contributed by atoms with Gasteiger partial charge >= 0.3 is 5.97 Å². The van der Waals surface area contributed by atoms with E-state index >= 15 is 0 Å². The molecule has 2 aliphatic heterocycles. The molecule has 2 heterocycles. The van der Waals surface area contributed by atoms with Crippen molar-refractivity contribution in [3.63, 3.8) is 0 Å². The Morgan fingerprint density at radius 3 is 2.19 bits per heavy atom. The second kappa shape index (κ2) is 5.39. The number of nitrogens with zero attached hydrogens (tertiary/aromatic N) is 1. The summed E-state index contributed by atoms with van der Waals surface area (Å²) in [7, 11) is 0. The molecule has 1 amide bonds. The van der Waals surface area contributed by atoms with Crippen LogP contribution in [0.3, 0.4) is 0 Å². The summed E-state index contributed by atoms with van der Waals surface area (Å²) < 4.78 is 0. The maximum Gasteiger partial charge on any atom is 0.303 e. The molecule has 2 atom stereocenters. The molecule has 0 radical (unpaired) electrons. The maximum atomic E-state index is 11.1. The molecule has 0 spiro atoms. The molecule has 112 valence electrons. The summed E-state index contributed by atoms with van der Waals surface area (Å²) in [5.41, 5.74) is 6.90. The summed E-state index contributed by atoms with van der Waals surface area (Å²) in [6, 6.07) is 8.27. The number of nitrogens with two attached hydrogens (primary N) is 1. The van der Waals surface area contributed by atoms with Crippen molar-refractivity contribution in [2.24, 2.45) is 11.7 Å². The number of carboxylic acids is 1. The third-order valence-corrected chi connectivity index (χ3v) is 4.74. The standard InChI is InChI=1S/C16H20N2O3/c17-16(21)11-1-3-12(4-2-11)18-13-5-6-14(18)8-10(7-13)9-15(19)20/h1-4,10,13-14H,5-9H2,(H2,17,21)(H,19,20). The van der Waals surface area contributed by atoms with Crippen molar-refractivity contribution in [3.05, 3.63) is 29.8 Å². The first-order valence-electron chi connectivity index (χ1n) is 7.44. The van der Waals surface area contributed by atoms with Gasteiger partial charge in [0.15, 0.2) is 0 Å². The highest BCUT2D eigenvalue weighted by atomic mass is 16.4. The highest BCUT2D eigenvalue weighted by molar-refractivity contribution is 5.93. The number of benzene rings is 1. The van der Waals surface area contributed by atoms with E-state index in [0.29, 0.717) is 23.6 Å². The number of carboxylic acid groups (broad SMARTS) is 1. The summed E-state index contributed by atoms with van der Waals surface area (Å²) in [5, 5.41) is 8.97. The van der Waals surface area contributed by atoms with Crippen LogP contribution in [0.1, 0.15) is 42.5 Å². The Morgan fingerprint density at radius 1 is 1.14 bits per heavy atom. The van der Waals surface area contributed by atoms with E-state index < -0.39 is 11.9 Å². The number of amides is 1. The Bertz CT molecular complexity index is 541. The molecule has 2 saturated heterocycles. The third kappa shape index (κ3) is 2.73. The topological polar surface area (TPSA) is 83.6 Å². The van der Waals surface area contributed by atoms with E-state index in [1.165, 1.54) is 0 Å². The van der Waals surface area contributed by atoms with Crippen LogP contribution in [0.15, 0.2) is 24.3 Å². The minimum atomic E-state index is -0.696. The number of hydrogen-bond donors (Lipinski definition) is 2. The van der Waals surface area contributed by atoms with E-state index in [1.54, 1.807) is 12.1 Å². The smallest absolute Gasteiger partial charge is 0.303 e. The van der Waals surface area contributed by atoms with Crippen LogP contribution in [0.2, 0.25) is 0 Å². The van der Waals surface area contributed by atoms with Gasteiger partial charge in [-0.3, -0.25) is 9.59 Å². The average Bonchev–Trinajstić information content (AvgIpc) is 2.70. The van der Waals surface area contributed by atoms with Crippen LogP contribution in [0.4, 0.5) is 5.69 Å². The molecule has 0 saturated carbocycles. The van der Waals surface area contributed by atoms with Crippen molar-refractivity contribution in [2.75, 3.05) is 4.90 Å². The van der Waals surface area contributed by atoms with E-state index in [4.69, 9.17) is 10.8 Å². The summed E-state index contributed by atoms with van der Waals surface area (Å²) >= 11 is 0. The predicted molar refractivity (Wildman–Crippen MR) is 79.2 cm³/mol. The fourth-order valence-electron chi connectivity index (χ4n) is 3.92. The quantitative estimate of drug-likeness (QED) is 0.887. The molecule has 0 aromatic heterocycles. The number of aliphatic carboxylic acids is 1.